The molecule has 3 N–H and O–H groups in total. The minimum Gasteiger partial charge on any atom is -0.381 e. The number of aliphatic hydroxyl groups is 1. The van der Waals surface area contributed by atoms with Gasteiger partial charge in [0.25, 0.3) is 11.8 Å². The molecule has 1 aromatic heterocycles. The highest BCUT2D eigenvalue weighted by atomic mass is 32.2. The summed E-state index contributed by atoms with van der Waals surface area (Å²) in [5.74, 6) is -0.785. The van der Waals surface area contributed by atoms with Crippen LogP contribution in [0.2, 0.25) is 0 Å². The molecule has 2 aromatic carbocycles. The normalized spacial score (nSPS) is 17.9. The molecule has 39 heavy (non-hydrogen) atoms. The molecule has 0 radical (unpaired) electrons. The Kier molecular flexibility index (Phi) is 8.76. The molecule has 1 saturated heterocycles. The number of aromatic nitrogens is 1. The maximum absolute atomic E-state index is 13.7. The van der Waals surface area contributed by atoms with Crippen LogP contribution < -0.4 is 10.6 Å². The second-order valence-electron chi connectivity index (χ2n) is 10.3. The molecule has 1 unspecified atom stereocenters. The molecule has 3 aromatic rings. The van der Waals surface area contributed by atoms with Gasteiger partial charge in [-0.3, -0.25) is 14.4 Å². The number of carbonyl (C=O) groups is 3. The Balaban J connectivity index is 1.53. The molecule has 0 saturated carbocycles. The van der Waals surface area contributed by atoms with E-state index in [0.29, 0.717) is 12.3 Å². The van der Waals surface area contributed by atoms with Crippen LogP contribution in [0.5, 0.6) is 0 Å². The zero-order valence-electron chi connectivity index (χ0n) is 22.5. The highest BCUT2D eigenvalue weighted by Gasteiger charge is 2.49. The van der Waals surface area contributed by atoms with Crippen molar-refractivity contribution in [3.8, 4) is 0 Å². The Bertz CT molecular complexity index is 1330. The summed E-state index contributed by atoms with van der Waals surface area (Å²) in [7, 11) is 0. The van der Waals surface area contributed by atoms with Gasteiger partial charge in [-0.2, -0.15) is 0 Å². The largest absolute Gasteiger partial charge is 0.381 e. The molecular formula is C29H34N4O5S. The molecular weight excluding hydrogens is 516 g/mol. The quantitative estimate of drug-likeness (QED) is 0.374. The number of aliphatic hydroxyl groups excluding tert-OH is 1. The molecule has 3 amide bonds. The second-order valence-corrected chi connectivity index (χ2v) is 11.9. The summed E-state index contributed by atoms with van der Waals surface area (Å²) >= 11 is 1.47. The van der Waals surface area contributed by atoms with E-state index in [0.717, 1.165) is 16.7 Å². The van der Waals surface area contributed by atoms with Crippen LogP contribution in [-0.2, 0) is 22.6 Å². The number of hydrogen-bond acceptors (Lipinski definition) is 7. The first-order chi connectivity index (χ1) is 18.6. The first-order valence-electron chi connectivity index (χ1n) is 12.8. The Hall–Kier alpha value is -3.63. The lowest BCUT2D eigenvalue weighted by Crippen LogP contribution is -2.58. The van der Waals surface area contributed by atoms with Gasteiger partial charge in [-0.1, -0.05) is 59.8 Å². The third-order valence-corrected chi connectivity index (χ3v) is 8.28. The van der Waals surface area contributed by atoms with Gasteiger partial charge in [0.05, 0.1) is 11.9 Å². The zero-order valence-corrected chi connectivity index (χ0v) is 23.3. The molecule has 4 rings (SSSR count). The first-order valence-corrected chi connectivity index (χ1v) is 13.8. The molecule has 10 heteroatoms. The number of rotatable bonds is 9. The van der Waals surface area contributed by atoms with Gasteiger partial charge in [0.1, 0.15) is 11.8 Å². The van der Waals surface area contributed by atoms with Gasteiger partial charge in [0.2, 0.25) is 5.91 Å². The van der Waals surface area contributed by atoms with Crippen molar-refractivity contribution in [2.45, 2.75) is 63.6 Å². The third-order valence-electron chi connectivity index (χ3n) is 6.90. The zero-order chi connectivity index (χ0) is 28.2. The Labute approximate surface area is 232 Å². The van der Waals surface area contributed by atoms with Crippen LogP contribution in [0.25, 0.3) is 0 Å². The first kappa shape index (κ1) is 28.4. The van der Waals surface area contributed by atoms with Crippen LogP contribution in [0.1, 0.15) is 46.8 Å². The van der Waals surface area contributed by atoms with Crippen molar-refractivity contribution >= 4 is 29.5 Å². The van der Waals surface area contributed by atoms with Gasteiger partial charge in [-0.15, -0.1) is 11.8 Å². The third kappa shape index (κ3) is 6.69. The number of benzene rings is 2. The number of nitrogens with zero attached hydrogens (tertiary/aromatic N) is 2. The summed E-state index contributed by atoms with van der Waals surface area (Å²) in [6.45, 7) is 7.79. The van der Waals surface area contributed by atoms with Crippen LogP contribution in [0.15, 0.2) is 65.2 Å². The lowest BCUT2D eigenvalue weighted by molar-refractivity contribution is -0.147. The summed E-state index contributed by atoms with van der Waals surface area (Å²) in [5.41, 5.74) is 2.93. The van der Waals surface area contributed by atoms with Gasteiger partial charge in [-0.25, -0.2) is 0 Å². The van der Waals surface area contributed by atoms with E-state index in [4.69, 9.17) is 4.52 Å². The van der Waals surface area contributed by atoms with Crippen molar-refractivity contribution in [3.05, 3.63) is 88.8 Å². The van der Waals surface area contributed by atoms with Gasteiger partial charge < -0.3 is 25.2 Å². The summed E-state index contributed by atoms with van der Waals surface area (Å²) < 4.78 is 4.42. The van der Waals surface area contributed by atoms with E-state index in [2.05, 4.69) is 15.8 Å². The maximum Gasteiger partial charge on any atom is 0.273 e. The SMILES string of the molecule is Cc1cc(C(=O)N[C@@H](Cc2ccccc2)[C@H](O)C(=O)N2CSC(C)(C)C2C(=O)NCc2ccccc2C)no1. The van der Waals surface area contributed by atoms with Crippen LogP contribution in [-0.4, -0.2) is 61.7 Å². The smallest absolute Gasteiger partial charge is 0.273 e. The van der Waals surface area contributed by atoms with Gasteiger partial charge in [-0.05, 0) is 50.8 Å². The highest BCUT2D eigenvalue weighted by Crippen LogP contribution is 2.40. The van der Waals surface area contributed by atoms with Crippen LogP contribution in [0.4, 0.5) is 0 Å². The molecule has 0 spiro atoms. The molecule has 0 aliphatic carbocycles. The molecule has 206 valence electrons. The average Bonchev–Trinajstić information content (AvgIpc) is 3.49. The van der Waals surface area contributed by atoms with E-state index >= 15 is 0 Å². The molecule has 1 fully saturated rings. The van der Waals surface area contributed by atoms with Gasteiger partial charge in [0.15, 0.2) is 11.8 Å². The van der Waals surface area contributed by atoms with E-state index in [1.54, 1.807) is 6.92 Å². The number of nitrogens with one attached hydrogen (secondary N) is 2. The van der Waals surface area contributed by atoms with Crippen molar-refractivity contribution in [1.82, 2.24) is 20.7 Å². The minimum atomic E-state index is -1.59. The van der Waals surface area contributed by atoms with Crippen molar-refractivity contribution in [2.75, 3.05) is 5.88 Å². The van der Waals surface area contributed by atoms with E-state index < -0.39 is 34.7 Å². The summed E-state index contributed by atoms with van der Waals surface area (Å²) in [6.07, 6.45) is -1.39. The van der Waals surface area contributed by atoms with Crippen molar-refractivity contribution < 1.29 is 24.0 Å². The fraction of sp³-hybridized carbons (Fsp3) is 0.379. The van der Waals surface area contributed by atoms with E-state index in [-0.39, 0.29) is 23.9 Å². The lowest BCUT2D eigenvalue weighted by atomic mass is 9.97. The van der Waals surface area contributed by atoms with Crippen LogP contribution >= 0.6 is 11.8 Å². The molecule has 3 atom stereocenters. The molecule has 1 aliphatic rings. The standard InChI is InChI=1S/C29H34N4O5S/c1-18-10-8-9-13-21(18)16-30-27(36)25-29(3,4)39-17-33(25)28(37)24(34)22(15-20-11-6-5-7-12-20)31-26(35)23-14-19(2)38-32-23/h5-14,22,24-25,34H,15-17H2,1-4H3,(H,30,36)(H,31,35)/t22-,24-,25?/m0/s1. The predicted octanol–water partition coefficient (Wildman–Crippen LogP) is 2.99. The Morgan fingerprint density at radius 2 is 1.82 bits per heavy atom. The summed E-state index contributed by atoms with van der Waals surface area (Å²) in [6, 6.07) is 16.8. The number of hydrogen-bond donors (Lipinski definition) is 3. The molecule has 1 aliphatic heterocycles. The topological polar surface area (TPSA) is 125 Å². The number of amides is 3. The van der Waals surface area contributed by atoms with Crippen molar-refractivity contribution in [2.24, 2.45) is 0 Å². The fourth-order valence-corrected chi connectivity index (χ4v) is 5.81. The maximum atomic E-state index is 13.7. The second kappa shape index (κ2) is 12.0. The number of thioether (sulfide) groups is 1. The monoisotopic (exact) mass is 550 g/mol. The van der Waals surface area contributed by atoms with Crippen molar-refractivity contribution in [3.63, 3.8) is 0 Å². The predicted molar refractivity (Wildman–Crippen MR) is 149 cm³/mol. The Morgan fingerprint density at radius 3 is 2.49 bits per heavy atom. The average molecular weight is 551 g/mol. The fourth-order valence-electron chi connectivity index (χ4n) is 4.67. The highest BCUT2D eigenvalue weighted by molar-refractivity contribution is 8.00. The molecule has 0 bridgehead atoms. The number of carbonyl (C=O) groups excluding carboxylic acids is 3. The summed E-state index contributed by atoms with van der Waals surface area (Å²) in [4.78, 5) is 41.4. The van der Waals surface area contributed by atoms with Gasteiger partial charge in [0, 0.05) is 17.4 Å². The van der Waals surface area contributed by atoms with Crippen molar-refractivity contribution in [1.29, 1.82) is 0 Å². The van der Waals surface area contributed by atoms with Gasteiger partial charge >= 0.3 is 0 Å². The van der Waals surface area contributed by atoms with Crippen LogP contribution in [0.3, 0.4) is 0 Å². The number of aryl methyl sites for hydroxylation is 2. The van der Waals surface area contributed by atoms with Crippen LogP contribution in [0, 0.1) is 13.8 Å². The van der Waals surface area contributed by atoms with E-state index in [1.807, 2.05) is 75.4 Å². The van der Waals surface area contributed by atoms with E-state index in [1.165, 1.54) is 22.7 Å². The minimum absolute atomic E-state index is 0.0523. The summed E-state index contributed by atoms with van der Waals surface area (Å²) in [5, 5.41) is 20.8. The lowest BCUT2D eigenvalue weighted by Gasteiger charge is -2.33. The van der Waals surface area contributed by atoms with E-state index in [9.17, 15) is 19.5 Å². The Morgan fingerprint density at radius 1 is 1.13 bits per heavy atom. The molecule has 2 heterocycles. The molecule has 9 nitrogen and oxygen atoms in total.